The summed E-state index contributed by atoms with van der Waals surface area (Å²) >= 11 is 0. The summed E-state index contributed by atoms with van der Waals surface area (Å²) in [5.41, 5.74) is 6.16. The normalized spacial score (nSPS) is 12.5. The van der Waals surface area contributed by atoms with Crippen molar-refractivity contribution in [1.29, 1.82) is 0 Å². The van der Waals surface area contributed by atoms with Gasteiger partial charge in [0.1, 0.15) is 5.82 Å². The van der Waals surface area contributed by atoms with E-state index in [4.69, 9.17) is 5.73 Å². The number of benzene rings is 1. The second kappa shape index (κ2) is 7.77. The molecule has 6 nitrogen and oxygen atoms in total. The molecule has 0 aliphatic carbocycles. The molecule has 1 aromatic heterocycles. The summed E-state index contributed by atoms with van der Waals surface area (Å²) in [7, 11) is 0. The molecule has 7 heteroatoms. The maximum atomic E-state index is 12.6. The Morgan fingerprint density at radius 1 is 1.33 bits per heavy atom. The van der Waals surface area contributed by atoms with Crippen LogP contribution < -0.4 is 11.3 Å². The van der Waals surface area contributed by atoms with Crippen molar-refractivity contribution in [3.05, 3.63) is 40.4 Å². The van der Waals surface area contributed by atoms with E-state index < -0.39 is 6.04 Å². The number of para-hydroxylation sites is 1. The highest BCUT2D eigenvalue weighted by atomic mass is 35.5. The van der Waals surface area contributed by atoms with Gasteiger partial charge in [-0.2, -0.15) is 0 Å². The third-order valence-electron chi connectivity index (χ3n) is 3.89. The predicted octanol–water partition coefficient (Wildman–Crippen LogP) is 2.07. The number of H-pyrrole nitrogens is 1. The maximum absolute atomic E-state index is 12.6. The number of amides is 1. The molecule has 3 N–H and O–H groups in total. The van der Waals surface area contributed by atoms with Gasteiger partial charge in [-0.25, -0.2) is 4.98 Å². The Morgan fingerprint density at radius 3 is 2.54 bits per heavy atom. The number of hydrogen-bond donors (Lipinski definition) is 2. The van der Waals surface area contributed by atoms with Crippen LogP contribution in [0.3, 0.4) is 0 Å². The number of nitrogens with one attached hydrogen (secondary N) is 1. The standard InChI is InChI=1S/C17H24N4O2.ClH/c1-5-21(16(23)14(18)17(2,3)4)10-13-19-12-9-7-6-8-11(12)15(22)20-13;/h6-9,14H,5,10,18H2,1-4H3,(H,19,20,22);1H/t14-;/m1./s1. The van der Waals surface area contributed by atoms with Crippen molar-refractivity contribution in [2.24, 2.45) is 11.1 Å². The average Bonchev–Trinajstić information content (AvgIpc) is 2.50. The third-order valence-corrected chi connectivity index (χ3v) is 3.89. The molecule has 0 aliphatic rings. The van der Waals surface area contributed by atoms with Crippen LogP contribution in [-0.2, 0) is 11.3 Å². The van der Waals surface area contributed by atoms with E-state index in [1.54, 1.807) is 23.1 Å². The highest BCUT2D eigenvalue weighted by Crippen LogP contribution is 2.19. The van der Waals surface area contributed by atoms with Gasteiger partial charge in [-0.15, -0.1) is 12.4 Å². The molecule has 0 bridgehead atoms. The molecule has 1 atom stereocenters. The number of carbonyl (C=O) groups is 1. The molecule has 24 heavy (non-hydrogen) atoms. The van der Waals surface area contributed by atoms with Gasteiger partial charge in [0.05, 0.1) is 23.5 Å². The van der Waals surface area contributed by atoms with E-state index in [0.29, 0.717) is 23.3 Å². The minimum atomic E-state index is -0.602. The molecule has 1 amide bonds. The van der Waals surface area contributed by atoms with Crippen LogP contribution in [0.4, 0.5) is 0 Å². The number of hydrogen-bond acceptors (Lipinski definition) is 4. The van der Waals surface area contributed by atoms with Crippen LogP contribution in [0.5, 0.6) is 0 Å². The predicted molar refractivity (Wildman–Crippen MR) is 98.1 cm³/mol. The molecule has 2 aromatic rings. The first-order valence-corrected chi connectivity index (χ1v) is 7.76. The molecule has 0 fully saturated rings. The lowest BCUT2D eigenvalue weighted by atomic mass is 9.86. The van der Waals surface area contributed by atoms with Gasteiger partial charge in [0, 0.05) is 6.54 Å². The van der Waals surface area contributed by atoms with Crippen molar-refractivity contribution in [2.75, 3.05) is 6.54 Å². The van der Waals surface area contributed by atoms with Gasteiger partial charge >= 0.3 is 0 Å². The number of fused-ring (bicyclic) bond motifs is 1. The van der Waals surface area contributed by atoms with Crippen LogP contribution in [0.2, 0.25) is 0 Å². The number of rotatable bonds is 4. The molecule has 0 aliphatic heterocycles. The van der Waals surface area contributed by atoms with Crippen molar-refractivity contribution in [3.63, 3.8) is 0 Å². The van der Waals surface area contributed by atoms with Crippen molar-refractivity contribution in [1.82, 2.24) is 14.9 Å². The van der Waals surface area contributed by atoms with Crippen LogP contribution in [0, 0.1) is 5.41 Å². The fourth-order valence-corrected chi connectivity index (χ4v) is 2.30. The molecule has 1 aromatic carbocycles. The number of likely N-dealkylation sites (N-methyl/N-ethyl adjacent to an activating group) is 1. The van der Waals surface area contributed by atoms with Gasteiger partial charge in [-0.3, -0.25) is 9.59 Å². The van der Waals surface area contributed by atoms with Crippen molar-refractivity contribution < 1.29 is 4.79 Å². The second-order valence-corrected chi connectivity index (χ2v) is 6.73. The molecular formula is C17H25ClN4O2. The summed E-state index contributed by atoms with van der Waals surface area (Å²) in [6, 6.07) is 6.53. The maximum Gasteiger partial charge on any atom is 0.258 e. The Kier molecular flexibility index (Phi) is 6.51. The number of nitrogens with two attached hydrogens (primary N) is 1. The Labute approximate surface area is 147 Å². The summed E-state index contributed by atoms with van der Waals surface area (Å²) in [5.74, 6) is 0.320. The lowest BCUT2D eigenvalue weighted by Gasteiger charge is -2.31. The quantitative estimate of drug-likeness (QED) is 0.881. The van der Waals surface area contributed by atoms with Gasteiger partial charge in [0.25, 0.3) is 5.56 Å². The van der Waals surface area contributed by atoms with Crippen LogP contribution >= 0.6 is 12.4 Å². The Balaban J connectivity index is 0.00000288. The van der Waals surface area contributed by atoms with E-state index in [2.05, 4.69) is 9.97 Å². The highest BCUT2D eigenvalue weighted by Gasteiger charge is 2.30. The molecule has 0 saturated carbocycles. The van der Waals surface area contributed by atoms with Crippen LogP contribution in [-0.4, -0.2) is 33.4 Å². The van der Waals surface area contributed by atoms with Crippen LogP contribution in [0.15, 0.2) is 29.1 Å². The Bertz CT molecular complexity index is 767. The van der Waals surface area contributed by atoms with E-state index in [-0.39, 0.29) is 35.8 Å². The molecular weight excluding hydrogens is 328 g/mol. The first-order chi connectivity index (χ1) is 10.7. The molecule has 0 unspecified atom stereocenters. The van der Waals surface area contributed by atoms with Crippen LogP contribution in [0.1, 0.15) is 33.5 Å². The summed E-state index contributed by atoms with van der Waals surface area (Å²) in [4.78, 5) is 33.5. The third kappa shape index (κ3) is 4.33. The summed E-state index contributed by atoms with van der Waals surface area (Å²) < 4.78 is 0. The highest BCUT2D eigenvalue weighted by molar-refractivity contribution is 5.85. The molecule has 132 valence electrons. The zero-order valence-electron chi connectivity index (χ0n) is 14.5. The molecule has 0 spiro atoms. The second-order valence-electron chi connectivity index (χ2n) is 6.73. The lowest BCUT2D eigenvalue weighted by molar-refractivity contribution is -0.135. The molecule has 0 radical (unpaired) electrons. The number of halogens is 1. The summed E-state index contributed by atoms with van der Waals surface area (Å²) in [6.45, 7) is 8.41. The van der Waals surface area contributed by atoms with E-state index in [0.717, 1.165) is 0 Å². The fourth-order valence-electron chi connectivity index (χ4n) is 2.30. The summed E-state index contributed by atoms with van der Waals surface area (Å²) in [5, 5.41) is 0.539. The van der Waals surface area contributed by atoms with E-state index in [1.165, 1.54) is 0 Å². The van der Waals surface area contributed by atoms with E-state index in [1.807, 2.05) is 33.8 Å². The number of carbonyl (C=O) groups excluding carboxylic acids is 1. The SMILES string of the molecule is CCN(Cc1nc2ccccc2c(=O)[nH]1)C(=O)[C@@H](N)C(C)(C)C.Cl. The van der Waals surface area contributed by atoms with Gasteiger partial charge in [0.2, 0.25) is 5.91 Å². The average molecular weight is 353 g/mol. The van der Waals surface area contributed by atoms with Gasteiger partial charge in [0.15, 0.2) is 0 Å². The smallest absolute Gasteiger partial charge is 0.258 e. The first-order valence-electron chi connectivity index (χ1n) is 7.76. The Hall–Kier alpha value is -1.92. The van der Waals surface area contributed by atoms with E-state index in [9.17, 15) is 9.59 Å². The summed E-state index contributed by atoms with van der Waals surface area (Å²) in [6.07, 6.45) is 0. The topological polar surface area (TPSA) is 92.1 Å². The molecule has 2 rings (SSSR count). The van der Waals surface area contributed by atoms with Crippen LogP contribution in [0.25, 0.3) is 10.9 Å². The number of nitrogens with zero attached hydrogens (tertiary/aromatic N) is 2. The largest absolute Gasteiger partial charge is 0.334 e. The van der Waals surface area contributed by atoms with Crippen molar-refractivity contribution in [2.45, 2.75) is 40.3 Å². The van der Waals surface area contributed by atoms with Gasteiger partial charge < -0.3 is 15.6 Å². The zero-order valence-corrected chi connectivity index (χ0v) is 15.3. The molecule has 1 heterocycles. The number of aromatic amines is 1. The minimum absolute atomic E-state index is 0. The van der Waals surface area contributed by atoms with Gasteiger partial charge in [-0.05, 0) is 24.5 Å². The Morgan fingerprint density at radius 2 is 1.96 bits per heavy atom. The zero-order chi connectivity index (χ0) is 17.2. The van der Waals surface area contributed by atoms with Crippen molar-refractivity contribution >= 4 is 29.2 Å². The molecule has 0 saturated heterocycles. The van der Waals surface area contributed by atoms with E-state index >= 15 is 0 Å². The fraction of sp³-hybridized carbons (Fsp3) is 0.471. The van der Waals surface area contributed by atoms with Crippen molar-refractivity contribution in [3.8, 4) is 0 Å². The van der Waals surface area contributed by atoms with Gasteiger partial charge in [-0.1, -0.05) is 32.9 Å². The monoisotopic (exact) mass is 352 g/mol. The lowest BCUT2D eigenvalue weighted by Crippen LogP contribution is -2.50. The minimum Gasteiger partial charge on any atom is -0.334 e. The first kappa shape index (κ1) is 20.1. The number of aromatic nitrogens is 2.